The number of carboxylic acid groups (broad SMARTS) is 1. The highest BCUT2D eigenvalue weighted by Gasteiger charge is 2.36. The van der Waals surface area contributed by atoms with E-state index in [-0.39, 0.29) is 22.6 Å². The number of carbonyl (C=O) groups is 2. The highest BCUT2D eigenvalue weighted by molar-refractivity contribution is 9.10. The second kappa shape index (κ2) is 8.10. The van der Waals surface area contributed by atoms with Crippen LogP contribution in [0.3, 0.4) is 0 Å². The normalized spacial score (nSPS) is 17.1. The standard InChI is InChI=1S/C22H17BrF3NO3/c1-12-19(13(2)28)20(14-6-8-16(23)9-7-14)18(21(29)30)11-27(12)17-5-3-4-15(10-17)22(24,25)26/h3-11,20H,1-2H3,(H,29,30). The largest absolute Gasteiger partial charge is 0.478 e. The predicted octanol–water partition coefficient (Wildman–Crippen LogP) is 5.90. The fourth-order valence-corrected chi connectivity index (χ4v) is 3.81. The summed E-state index contributed by atoms with van der Waals surface area (Å²) in [5.41, 5.74) is 0.339. The van der Waals surface area contributed by atoms with Crippen molar-refractivity contribution in [3.63, 3.8) is 0 Å². The molecule has 1 unspecified atom stereocenters. The van der Waals surface area contributed by atoms with E-state index in [0.717, 1.165) is 16.6 Å². The topological polar surface area (TPSA) is 57.6 Å². The molecule has 1 heterocycles. The molecule has 0 saturated heterocycles. The lowest BCUT2D eigenvalue weighted by molar-refractivity contribution is -0.137. The molecule has 0 spiro atoms. The molecule has 2 aromatic rings. The Balaban J connectivity index is 2.21. The molecule has 0 radical (unpaired) electrons. The molecule has 1 N–H and O–H groups in total. The average Bonchev–Trinajstić information content (AvgIpc) is 2.67. The molecule has 0 aliphatic carbocycles. The molecule has 1 atom stereocenters. The number of hydrogen-bond donors (Lipinski definition) is 1. The summed E-state index contributed by atoms with van der Waals surface area (Å²) < 4.78 is 40.3. The van der Waals surface area contributed by atoms with Gasteiger partial charge in [0.1, 0.15) is 0 Å². The Labute approximate surface area is 179 Å². The molecular weight excluding hydrogens is 463 g/mol. The number of carboxylic acids is 1. The van der Waals surface area contributed by atoms with Gasteiger partial charge in [0.15, 0.2) is 5.78 Å². The molecule has 4 nitrogen and oxygen atoms in total. The monoisotopic (exact) mass is 479 g/mol. The number of nitrogens with zero attached hydrogens (tertiary/aromatic N) is 1. The Morgan fingerprint density at radius 2 is 1.73 bits per heavy atom. The van der Waals surface area contributed by atoms with Crippen molar-refractivity contribution in [2.45, 2.75) is 25.9 Å². The SMILES string of the molecule is CC(=O)C1=C(C)N(c2cccc(C(F)(F)F)c2)C=C(C(=O)O)C1c1ccc(Br)cc1. The summed E-state index contributed by atoms with van der Waals surface area (Å²) in [5, 5.41) is 9.84. The molecule has 2 aromatic carbocycles. The zero-order valence-electron chi connectivity index (χ0n) is 16.0. The number of carbonyl (C=O) groups excluding carboxylic acids is 1. The second-order valence-corrected chi connectivity index (χ2v) is 7.76. The summed E-state index contributed by atoms with van der Waals surface area (Å²) in [5.74, 6) is -2.45. The molecule has 30 heavy (non-hydrogen) atoms. The van der Waals surface area contributed by atoms with Crippen LogP contribution in [-0.4, -0.2) is 16.9 Å². The Hall–Kier alpha value is -2.87. The molecule has 1 aliphatic heterocycles. The van der Waals surface area contributed by atoms with Crippen LogP contribution >= 0.6 is 15.9 Å². The molecule has 0 aromatic heterocycles. The van der Waals surface area contributed by atoms with Crippen molar-refractivity contribution < 1.29 is 27.9 Å². The zero-order chi connectivity index (χ0) is 22.2. The van der Waals surface area contributed by atoms with Crippen molar-refractivity contribution in [1.82, 2.24) is 0 Å². The van der Waals surface area contributed by atoms with Crippen LogP contribution < -0.4 is 4.90 Å². The summed E-state index contributed by atoms with van der Waals surface area (Å²) in [6.45, 7) is 2.91. The zero-order valence-corrected chi connectivity index (χ0v) is 17.6. The first-order valence-electron chi connectivity index (χ1n) is 8.89. The minimum atomic E-state index is -4.55. The van der Waals surface area contributed by atoms with Gasteiger partial charge in [-0.2, -0.15) is 13.2 Å². The van der Waals surface area contributed by atoms with Gasteiger partial charge in [0.05, 0.1) is 11.1 Å². The van der Waals surface area contributed by atoms with Crippen LogP contribution in [0.1, 0.15) is 30.9 Å². The van der Waals surface area contributed by atoms with E-state index >= 15 is 0 Å². The number of aliphatic carboxylic acids is 1. The van der Waals surface area contributed by atoms with Crippen LogP contribution in [0.2, 0.25) is 0 Å². The third kappa shape index (κ3) is 4.18. The van der Waals surface area contributed by atoms with E-state index in [9.17, 15) is 27.9 Å². The van der Waals surface area contributed by atoms with Gasteiger partial charge in [-0.15, -0.1) is 0 Å². The Morgan fingerprint density at radius 1 is 1.10 bits per heavy atom. The highest BCUT2D eigenvalue weighted by atomic mass is 79.9. The lowest BCUT2D eigenvalue weighted by atomic mass is 9.80. The Bertz CT molecular complexity index is 1070. The molecular formula is C22H17BrF3NO3. The fourth-order valence-electron chi connectivity index (χ4n) is 3.54. The first-order valence-corrected chi connectivity index (χ1v) is 9.68. The van der Waals surface area contributed by atoms with Crippen LogP contribution in [0, 0.1) is 0 Å². The van der Waals surface area contributed by atoms with Gasteiger partial charge in [0.25, 0.3) is 0 Å². The van der Waals surface area contributed by atoms with Crippen LogP contribution in [-0.2, 0) is 15.8 Å². The van der Waals surface area contributed by atoms with E-state index in [1.807, 2.05) is 0 Å². The molecule has 156 valence electrons. The summed E-state index contributed by atoms with van der Waals surface area (Å²) in [4.78, 5) is 25.9. The second-order valence-electron chi connectivity index (χ2n) is 6.85. The third-order valence-corrected chi connectivity index (χ3v) is 5.43. The number of rotatable bonds is 4. The predicted molar refractivity (Wildman–Crippen MR) is 110 cm³/mol. The van der Waals surface area contributed by atoms with Crippen LogP contribution in [0.4, 0.5) is 18.9 Å². The van der Waals surface area contributed by atoms with E-state index in [0.29, 0.717) is 11.3 Å². The Kier molecular flexibility index (Phi) is 5.90. The van der Waals surface area contributed by atoms with Crippen molar-refractivity contribution in [3.05, 3.63) is 87.2 Å². The fraction of sp³-hybridized carbons (Fsp3) is 0.182. The molecule has 0 bridgehead atoms. The minimum Gasteiger partial charge on any atom is -0.478 e. The minimum absolute atomic E-state index is 0.106. The third-order valence-electron chi connectivity index (χ3n) is 4.90. The number of alkyl halides is 3. The van der Waals surface area contributed by atoms with Crippen molar-refractivity contribution in [1.29, 1.82) is 0 Å². The molecule has 3 rings (SSSR count). The van der Waals surface area contributed by atoms with Gasteiger partial charge >= 0.3 is 12.1 Å². The van der Waals surface area contributed by atoms with E-state index in [1.54, 1.807) is 31.2 Å². The van der Waals surface area contributed by atoms with Crippen molar-refractivity contribution >= 4 is 33.4 Å². The van der Waals surface area contributed by atoms with Crippen LogP contribution in [0.15, 0.2) is 76.0 Å². The summed E-state index contributed by atoms with van der Waals surface area (Å²) >= 11 is 3.32. The summed E-state index contributed by atoms with van der Waals surface area (Å²) in [6, 6.07) is 11.4. The van der Waals surface area contributed by atoms with Gasteiger partial charge in [0, 0.05) is 33.5 Å². The maximum atomic E-state index is 13.2. The van der Waals surface area contributed by atoms with Gasteiger partial charge in [-0.05, 0) is 49.7 Å². The number of ketones is 1. The van der Waals surface area contributed by atoms with Crippen molar-refractivity contribution in [2.75, 3.05) is 4.90 Å². The lowest BCUT2D eigenvalue weighted by Gasteiger charge is -2.34. The number of hydrogen-bond acceptors (Lipinski definition) is 3. The first kappa shape index (κ1) is 21.8. The van der Waals surface area contributed by atoms with E-state index in [4.69, 9.17) is 0 Å². The van der Waals surface area contributed by atoms with Crippen LogP contribution in [0.25, 0.3) is 0 Å². The van der Waals surface area contributed by atoms with Crippen LogP contribution in [0.5, 0.6) is 0 Å². The molecule has 1 aliphatic rings. The lowest BCUT2D eigenvalue weighted by Crippen LogP contribution is -2.30. The molecule has 8 heteroatoms. The number of benzene rings is 2. The van der Waals surface area contributed by atoms with Gasteiger partial charge in [0.2, 0.25) is 0 Å². The van der Waals surface area contributed by atoms with Gasteiger partial charge in [-0.1, -0.05) is 34.1 Å². The number of Topliss-reactive ketones (excluding diaryl/α,β-unsaturated/α-hetero) is 1. The maximum Gasteiger partial charge on any atom is 0.416 e. The van der Waals surface area contributed by atoms with Gasteiger partial charge in [-0.3, -0.25) is 4.79 Å². The highest BCUT2D eigenvalue weighted by Crippen LogP contribution is 2.42. The molecule has 0 saturated carbocycles. The van der Waals surface area contributed by atoms with E-state index in [1.165, 1.54) is 30.2 Å². The van der Waals surface area contributed by atoms with Gasteiger partial charge in [-0.25, -0.2) is 4.79 Å². The van der Waals surface area contributed by atoms with Crippen molar-refractivity contribution in [2.24, 2.45) is 0 Å². The van der Waals surface area contributed by atoms with E-state index < -0.39 is 23.6 Å². The quantitative estimate of drug-likeness (QED) is 0.592. The maximum absolute atomic E-state index is 13.2. The number of halogens is 4. The molecule has 0 amide bonds. The summed E-state index contributed by atoms with van der Waals surface area (Å²) in [6.07, 6.45) is -3.27. The summed E-state index contributed by atoms with van der Waals surface area (Å²) in [7, 11) is 0. The van der Waals surface area contributed by atoms with E-state index in [2.05, 4.69) is 15.9 Å². The first-order chi connectivity index (χ1) is 14.0. The smallest absolute Gasteiger partial charge is 0.416 e. The van der Waals surface area contributed by atoms with Crippen molar-refractivity contribution in [3.8, 4) is 0 Å². The Morgan fingerprint density at radius 3 is 2.27 bits per heavy atom. The molecule has 0 fully saturated rings. The number of allylic oxidation sites excluding steroid dienone is 2. The van der Waals surface area contributed by atoms with Gasteiger partial charge < -0.3 is 10.0 Å². The number of anilines is 1. The average molecular weight is 480 g/mol.